The van der Waals surface area contributed by atoms with E-state index >= 15 is 0 Å². The summed E-state index contributed by atoms with van der Waals surface area (Å²) in [6.07, 6.45) is 1.97. The normalized spacial score (nSPS) is 12.2. The Kier molecular flexibility index (Phi) is 5.19. The van der Waals surface area contributed by atoms with Gasteiger partial charge in [0.05, 0.1) is 0 Å². The molecule has 0 amide bonds. The molecule has 2 aromatic rings. The summed E-state index contributed by atoms with van der Waals surface area (Å²) in [5.41, 5.74) is 0.952. The first-order valence-electron chi connectivity index (χ1n) is 7.13. The van der Waals surface area contributed by atoms with E-state index < -0.39 is 5.41 Å². The van der Waals surface area contributed by atoms with Crippen molar-refractivity contribution in [3.8, 4) is 0 Å². The standard InChI is InChI=1S/C19H19BrO2/c1-19(2,13-17(21)15-6-4-3-5-7-15)18(22)12-14-8-10-16(20)11-9-14/h3-11,13,21H,12H2,1-2H3. The topological polar surface area (TPSA) is 37.3 Å². The molecule has 0 fully saturated rings. The van der Waals surface area contributed by atoms with Crippen LogP contribution >= 0.6 is 15.9 Å². The van der Waals surface area contributed by atoms with Crippen LogP contribution in [0.3, 0.4) is 0 Å². The summed E-state index contributed by atoms with van der Waals surface area (Å²) in [5, 5.41) is 10.2. The van der Waals surface area contributed by atoms with Crippen molar-refractivity contribution in [2.24, 2.45) is 5.41 Å². The van der Waals surface area contributed by atoms with Crippen LogP contribution in [-0.4, -0.2) is 10.9 Å². The SMILES string of the molecule is CC(C)(C=C(O)c1ccccc1)C(=O)Cc1ccc(Br)cc1. The van der Waals surface area contributed by atoms with E-state index in [9.17, 15) is 9.90 Å². The van der Waals surface area contributed by atoms with Crippen LogP contribution in [0.25, 0.3) is 5.76 Å². The Labute approximate surface area is 139 Å². The molecule has 2 nitrogen and oxygen atoms in total. The third kappa shape index (κ3) is 4.31. The second-order valence-corrected chi connectivity index (χ2v) is 6.76. The summed E-state index contributed by atoms with van der Waals surface area (Å²) < 4.78 is 0.990. The van der Waals surface area contributed by atoms with Gasteiger partial charge in [0.1, 0.15) is 11.5 Å². The van der Waals surface area contributed by atoms with Gasteiger partial charge in [-0.15, -0.1) is 0 Å². The van der Waals surface area contributed by atoms with Crippen LogP contribution < -0.4 is 0 Å². The second-order valence-electron chi connectivity index (χ2n) is 5.84. The molecule has 0 saturated heterocycles. The molecule has 0 saturated carbocycles. The number of aliphatic hydroxyl groups excluding tert-OH is 1. The molecule has 2 aromatic carbocycles. The Morgan fingerprint density at radius 2 is 1.68 bits per heavy atom. The molecule has 0 unspecified atom stereocenters. The largest absolute Gasteiger partial charge is 0.508 e. The molecule has 0 aliphatic rings. The number of rotatable bonds is 5. The number of hydrogen-bond acceptors (Lipinski definition) is 2. The molecule has 0 aliphatic heterocycles. The van der Waals surface area contributed by atoms with Crippen molar-refractivity contribution >= 4 is 27.5 Å². The summed E-state index contributed by atoms with van der Waals surface area (Å²) in [4.78, 5) is 12.5. The number of hydrogen-bond donors (Lipinski definition) is 1. The van der Waals surface area contributed by atoms with Crippen LogP contribution in [0.1, 0.15) is 25.0 Å². The van der Waals surface area contributed by atoms with Crippen molar-refractivity contribution in [1.82, 2.24) is 0 Å². The van der Waals surface area contributed by atoms with Gasteiger partial charge in [-0.3, -0.25) is 4.79 Å². The minimum atomic E-state index is -0.729. The van der Waals surface area contributed by atoms with Gasteiger partial charge >= 0.3 is 0 Å². The van der Waals surface area contributed by atoms with Gasteiger partial charge in [-0.05, 0) is 37.6 Å². The molecule has 0 spiro atoms. The number of ketones is 1. The first kappa shape index (κ1) is 16.5. The summed E-state index contributed by atoms with van der Waals surface area (Å²) in [6, 6.07) is 17.0. The predicted molar refractivity (Wildman–Crippen MR) is 93.7 cm³/mol. The van der Waals surface area contributed by atoms with Crippen molar-refractivity contribution in [3.63, 3.8) is 0 Å². The Balaban J connectivity index is 2.15. The molecule has 1 N–H and O–H groups in total. The summed E-state index contributed by atoms with van der Waals surface area (Å²) >= 11 is 3.38. The molecular weight excluding hydrogens is 340 g/mol. The quantitative estimate of drug-likeness (QED) is 0.747. The Morgan fingerprint density at radius 3 is 2.27 bits per heavy atom. The second kappa shape index (κ2) is 6.93. The maximum atomic E-state index is 12.5. The van der Waals surface area contributed by atoms with Gasteiger partial charge < -0.3 is 5.11 Å². The van der Waals surface area contributed by atoms with Crippen molar-refractivity contribution < 1.29 is 9.90 Å². The van der Waals surface area contributed by atoms with Crippen LogP contribution in [0.2, 0.25) is 0 Å². The van der Waals surface area contributed by atoms with E-state index in [0.29, 0.717) is 12.0 Å². The predicted octanol–water partition coefficient (Wildman–Crippen LogP) is 5.19. The van der Waals surface area contributed by atoms with Crippen molar-refractivity contribution in [2.45, 2.75) is 20.3 Å². The zero-order valence-electron chi connectivity index (χ0n) is 12.7. The van der Waals surface area contributed by atoms with Gasteiger partial charge in [0.25, 0.3) is 0 Å². The Morgan fingerprint density at radius 1 is 1.09 bits per heavy atom. The first-order chi connectivity index (χ1) is 10.4. The van der Waals surface area contributed by atoms with E-state index in [1.165, 1.54) is 0 Å². The van der Waals surface area contributed by atoms with E-state index in [2.05, 4.69) is 15.9 Å². The third-order valence-electron chi connectivity index (χ3n) is 3.56. The van der Waals surface area contributed by atoms with Crippen LogP contribution in [0, 0.1) is 5.41 Å². The molecular formula is C19H19BrO2. The monoisotopic (exact) mass is 358 g/mol. The van der Waals surface area contributed by atoms with Crippen LogP contribution in [0.5, 0.6) is 0 Å². The van der Waals surface area contributed by atoms with Gasteiger partial charge in [-0.25, -0.2) is 0 Å². The van der Waals surface area contributed by atoms with Gasteiger partial charge in [0, 0.05) is 21.9 Å². The Hall–Kier alpha value is -1.87. The van der Waals surface area contributed by atoms with E-state index in [4.69, 9.17) is 0 Å². The van der Waals surface area contributed by atoms with Crippen LogP contribution in [0.15, 0.2) is 65.1 Å². The first-order valence-corrected chi connectivity index (χ1v) is 7.93. The molecule has 0 aliphatic carbocycles. The number of allylic oxidation sites excluding steroid dienone is 1. The highest BCUT2D eigenvalue weighted by atomic mass is 79.9. The number of aliphatic hydroxyl groups is 1. The lowest BCUT2D eigenvalue weighted by Gasteiger charge is -2.19. The minimum absolute atomic E-state index is 0.0669. The molecule has 0 aromatic heterocycles. The van der Waals surface area contributed by atoms with Crippen LogP contribution in [0.4, 0.5) is 0 Å². The lowest BCUT2D eigenvalue weighted by molar-refractivity contribution is -0.124. The van der Waals surface area contributed by atoms with Gasteiger partial charge in [-0.1, -0.05) is 58.4 Å². The molecule has 0 heterocycles. The lowest BCUT2D eigenvalue weighted by atomic mass is 9.83. The fraction of sp³-hybridized carbons (Fsp3) is 0.211. The minimum Gasteiger partial charge on any atom is -0.508 e. The maximum Gasteiger partial charge on any atom is 0.146 e. The van der Waals surface area contributed by atoms with Crippen molar-refractivity contribution in [1.29, 1.82) is 0 Å². The van der Waals surface area contributed by atoms with E-state index in [1.54, 1.807) is 6.08 Å². The average molecular weight is 359 g/mol. The van der Waals surface area contributed by atoms with Crippen LogP contribution in [-0.2, 0) is 11.2 Å². The highest BCUT2D eigenvalue weighted by Gasteiger charge is 2.26. The summed E-state index contributed by atoms with van der Waals surface area (Å²) in [6.45, 7) is 3.65. The molecule has 0 radical (unpaired) electrons. The van der Waals surface area contributed by atoms with Crippen molar-refractivity contribution in [3.05, 3.63) is 76.3 Å². The van der Waals surface area contributed by atoms with E-state index in [-0.39, 0.29) is 11.5 Å². The highest BCUT2D eigenvalue weighted by Crippen LogP contribution is 2.26. The van der Waals surface area contributed by atoms with Gasteiger partial charge in [-0.2, -0.15) is 0 Å². The molecule has 0 atom stereocenters. The number of carbonyl (C=O) groups is 1. The average Bonchev–Trinajstić information content (AvgIpc) is 2.50. The zero-order chi connectivity index (χ0) is 16.2. The van der Waals surface area contributed by atoms with Crippen molar-refractivity contribution in [2.75, 3.05) is 0 Å². The number of carbonyl (C=O) groups excluding carboxylic acids is 1. The van der Waals surface area contributed by atoms with Gasteiger partial charge in [0.2, 0.25) is 0 Å². The molecule has 114 valence electrons. The number of halogens is 1. The lowest BCUT2D eigenvalue weighted by Crippen LogP contribution is -2.24. The molecule has 2 rings (SSSR count). The summed E-state index contributed by atoms with van der Waals surface area (Å²) in [5.74, 6) is 0.201. The third-order valence-corrected chi connectivity index (χ3v) is 4.09. The summed E-state index contributed by atoms with van der Waals surface area (Å²) in [7, 11) is 0. The fourth-order valence-corrected chi connectivity index (χ4v) is 2.39. The Bertz CT molecular complexity index is 670. The van der Waals surface area contributed by atoms with E-state index in [0.717, 1.165) is 10.0 Å². The smallest absolute Gasteiger partial charge is 0.146 e. The van der Waals surface area contributed by atoms with Gasteiger partial charge in [0.15, 0.2) is 0 Å². The molecule has 0 bridgehead atoms. The zero-order valence-corrected chi connectivity index (χ0v) is 14.3. The fourth-order valence-electron chi connectivity index (χ4n) is 2.13. The number of benzene rings is 2. The maximum absolute atomic E-state index is 12.5. The highest BCUT2D eigenvalue weighted by molar-refractivity contribution is 9.10. The molecule has 22 heavy (non-hydrogen) atoms. The molecule has 3 heteroatoms. The van der Waals surface area contributed by atoms with E-state index in [1.807, 2.05) is 68.4 Å². The number of Topliss-reactive ketones (excluding diaryl/α,β-unsaturated/α-hetero) is 1.